The molecule has 0 radical (unpaired) electrons. The van der Waals surface area contributed by atoms with E-state index in [-0.39, 0.29) is 0 Å². The van der Waals surface area contributed by atoms with Crippen molar-refractivity contribution in [1.82, 2.24) is 0 Å². The Morgan fingerprint density at radius 3 is 2.87 bits per heavy atom. The molecule has 1 aromatic carbocycles. The van der Waals surface area contributed by atoms with Gasteiger partial charge in [0.15, 0.2) is 5.69 Å². The number of benzene rings is 1. The van der Waals surface area contributed by atoms with E-state index in [1.807, 2.05) is 19.1 Å². The summed E-state index contributed by atoms with van der Waals surface area (Å²) >= 11 is 0. The van der Waals surface area contributed by atoms with Gasteiger partial charge in [-0.05, 0) is 12.5 Å². The highest BCUT2D eigenvalue weighted by Crippen LogP contribution is 2.21. The molecule has 1 rings (SSSR count). The maximum Gasteiger partial charge on any atom is 0.330 e. The lowest BCUT2D eigenvalue weighted by atomic mass is 10.1. The molecule has 0 saturated heterocycles. The Morgan fingerprint density at radius 1 is 1.53 bits per heavy atom. The van der Waals surface area contributed by atoms with E-state index in [1.54, 1.807) is 12.1 Å². The van der Waals surface area contributed by atoms with Gasteiger partial charge in [0.05, 0.1) is 13.7 Å². The number of esters is 1. The molecular weight excluding hydrogens is 190 g/mol. The molecule has 0 spiro atoms. The number of carbonyl (C=O) groups excluding carboxylic acids is 1. The predicted molar refractivity (Wildman–Crippen MR) is 58.5 cm³/mol. The zero-order valence-corrected chi connectivity index (χ0v) is 8.65. The van der Waals surface area contributed by atoms with Crippen LogP contribution in [0.4, 0.5) is 5.69 Å². The van der Waals surface area contributed by atoms with Crippen LogP contribution < -0.4 is 0 Å². The first-order valence-corrected chi connectivity index (χ1v) is 4.41. The van der Waals surface area contributed by atoms with Crippen molar-refractivity contribution in [3.8, 4) is 0 Å². The molecule has 3 nitrogen and oxygen atoms in total. The topological polar surface area (TPSA) is 30.7 Å². The van der Waals surface area contributed by atoms with Crippen LogP contribution in [0.5, 0.6) is 0 Å². The van der Waals surface area contributed by atoms with Gasteiger partial charge in [-0.2, -0.15) is 0 Å². The third-order valence-corrected chi connectivity index (χ3v) is 1.91. The lowest BCUT2D eigenvalue weighted by molar-refractivity contribution is -0.134. The number of hydrogen-bond acceptors (Lipinski definition) is 2. The smallest absolute Gasteiger partial charge is 0.330 e. The average molecular weight is 201 g/mol. The molecule has 0 N–H and O–H groups in total. The molecule has 0 heterocycles. The van der Waals surface area contributed by atoms with Crippen molar-refractivity contribution in [2.75, 3.05) is 7.11 Å². The van der Waals surface area contributed by atoms with Crippen molar-refractivity contribution in [3.63, 3.8) is 0 Å². The third kappa shape index (κ3) is 2.96. The highest BCUT2D eigenvalue weighted by atomic mass is 16.5. The van der Waals surface area contributed by atoms with Crippen molar-refractivity contribution in [2.45, 2.75) is 6.92 Å². The van der Waals surface area contributed by atoms with Gasteiger partial charge in [-0.1, -0.05) is 29.8 Å². The molecule has 15 heavy (non-hydrogen) atoms. The van der Waals surface area contributed by atoms with E-state index in [4.69, 9.17) is 6.57 Å². The molecule has 0 fully saturated rings. The van der Waals surface area contributed by atoms with Crippen LogP contribution in [-0.2, 0) is 9.53 Å². The third-order valence-electron chi connectivity index (χ3n) is 1.91. The van der Waals surface area contributed by atoms with Crippen LogP contribution in [0.25, 0.3) is 10.9 Å². The quantitative estimate of drug-likeness (QED) is 0.418. The van der Waals surface area contributed by atoms with Crippen LogP contribution in [0.15, 0.2) is 24.3 Å². The van der Waals surface area contributed by atoms with Gasteiger partial charge >= 0.3 is 5.97 Å². The zero-order valence-electron chi connectivity index (χ0n) is 8.65. The van der Waals surface area contributed by atoms with Crippen molar-refractivity contribution in [3.05, 3.63) is 46.8 Å². The number of ether oxygens (including phenoxy) is 1. The molecule has 0 aromatic heterocycles. The maximum atomic E-state index is 10.9. The number of carbonyl (C=O) groups is 1. The molecule has 0 aliphatic rings. The predicted octanol–water partition coefficient (Wildman–Crippen LogP) is 2.73. The standard InChI is InChI=1S/C12H11NO2/c1-9-4-5-10(11(8-9)13-2)6-7-12(14)15-3/h4-8H,1,3H3/b7-6+. The fourth-order valence-corrected chi connectivity index (χ4v) is 1.12. The molecule has 0 amide bonds. The average Bonchev–Trinajstić information content (AvgIpc) is 2.26. The Bertz CT molecular complexity index is 441. The number of nitrogens with zero attached hydrogens (tertiary/aromatic N) is 1. The Labute approximate surface area is 88.8 Å². The van der Waals surface area contributed by atoms with Crippen LogP contribution in [0.1, 0.15) is 11.1 Å². The summed E-state index contributed by atoms with van der Waals surface area (Å²) in [4.78, 5) is 14.2. The summed E-state index contributed by atoms with van der Waals surface area (Å²) in [5.41, 5.74) is 2.28. The van der Waals surface area contributed by atoms with Crippen LogP contribution in [0, 0.1) is 13.5 Å². The van der Waals surface area contributed by atoms with Gasteiger partial charge in [0.25, 0.3) is 0 Å². The first kappa shape index (κ1) is 11.0. The minimum Gasteiger partial charge on any atom is -0.466 e. The molecule has 1 aromatic rings. The van der Waals surface area contributed by atoms with Gasteiger partial charge in [0.1, 0.15) is 0 Å². The number of methoxy groups -OCH3 is 1. The van der Waals surface area contributed by atoms with Crippen molar-refractivity contribution in [2.24, 2.45) is 0 Å². The molecule has 0 bridgehead atoms. The Balaban J connectivity index is 3.01. The highest BCUT2D eigenvalue weighted by molar-refractivity contribution is 5.88. The van der Waals surface area contributed by atoms with Gasteiger partial charge in [-0.3, -0.25) is 0 Å². The second kappa shape index (κ2) is 4.97. The van der Waals surface area contributed by atoms with Crippen LogP contribution >= 0.6 is 0 Å². The Morgan fingerprint density at radius 2 is 2.27 bits per heavy atom. The summed E-state index contributed by atoms with van der Waals surface area (Å²) in [5, 5.41) is 0. The first-order valence-electron chi connectivity index (χ1n) is 4.41. The van der Waals surface area contributed by atoms with Crippen LogP contribution in [0.2, 0.25) is 0 Å². The minimum atomic E-state index is -0.425. The fraction of sp³-hybridized carbons (Fsp3) is 0.167. The Hall–Kier alpha value is -2.08. The van der Waals surface area contributed by atoms with E-state index in [1.165, 1.54) is 13.2 Å². The molecule has 3 heteroatoms. The summed E-state index contributed by atoms with van der Waals surface area (Å²) in [5.74, 6) is -0.425. The molecule has 0 unspecified atom stereocenters. The van der Waals surface area contributed by atoms with E-state index >= 15 is 0 Å². The molecule has 0 atom stereocenters. The normalized spacial score (nSPS) is 9.93. The monoisotopic (exact) mass is 201 g/mol. The summed E-state index contributed by atoms with van der Waals surface area (Å²) in [6, 6.07) is 5.48. The summed E-state index contributed by atoms with van der Waals surface area (Å²) in [6.07, 6.45) is 2.89. The lowest BCUT2D eigenvalue weighted by Crippen LogP contribution is -1.93. The maximum absolute atomic E-state index is 10.9. The molecular formula is C12H11NO2. The number of rotatable bonds is 2. The number of aryl methyl sites for hydroxylation is 1. The van der Waals surface area contributed by atoms with Gasteiger partial charge in [0, 0.05) is 6.08 Å². The highest BCUT2D eigenvalue weighted by Gasteiger charge is 1.99. The zero-order chi connectivity index (χ0) is 11.3. The van der Waals surface area contributed by atoms with Gasteiger partial charge in [0.2, 0.25) is 0 Å². The van der Waals surface area contributed by atoms with Gasteiger partial charge < -0.3 is 4.74 Å². The van der Waals surface area contributed by atoms with Crippen molar-refractivity contribution >= 4 is 17.7 Å². The molecule has 0 aliphatic carbocycles. The van der Waals surface area contributed by atoms with E-state index in [0.717, 1.165) is 11.1 Å². The van der Waals surface area contributed by atoms with Gasteiger partial charge in [-0.15, -0.1) is 0 Å². The summed E-state index contributed by atoms with van der Waals surface area (Å²) in [6.45, 7) is 8.91. The lowest BCUT2D eigenvalue weighted by Gasteiger charge is -1.99. The fourth-order valence-electron chi connectivity index (χ4n) is 1.12. The summed E-state index contributed by atoms with van der Waals surface area (Å²) in [7, 11) is 1.32. The van der Waals surface area contributed by atoms with E-state index in [2.05, 4.69) is 9.58 Å². The number of hydrogen-bond donors (Lipinski definition) is 0. The SMILES string of the molecule is [C-]#[N+]c1cc(C)ccc1/C=C/C(=O)OC. The van der Waals surface area contributed by atoms with Crippen molar-refractivity contribution in [1.29, 1.82) is 0 Å². The van der Waals surface area contributed by atoms with E-state index < -0.39 is 5.97 Å². The Kier molecular flexibility index (Phi) is 3.64. The largest absolute Gasteiger partial charge is 0.466 e. The summed E-state index contributed by atoms with van der Waals surface area (Å²) < 4.78 is 4.47. The van der Waals surface area contributed by atoms with Crippen LogP contribution in [-0.4, -0.2) is 13.1 Å². The van der Waals surface area contributed by atoms with Crippen molar-refractivity contribution < 1.29 is 9.53 Å². The van der Waals surface area contributed by atoms with E-state index in [0.29, 0.717) is 5.69 Å². The molecule has 76 valence electrons. The molecule has 0 aliphatic heterocycles. The van der Waals surface area contributed by atoms with Gasteiger partial charge in [-0.25, -0.2) is 9.64 Å². The first-order chi connectivity index (χ1) is 7.17. The second-order valence-electron chi connectivity index (χ2n) is 3.03. The van der Waals surface area contributed by atoms with Crippen LogP contribution in [0.3, 0.4) is 0 Å². The molecule has 0 saturated carbocycles. The second-order valence-corrected chi connectivity index (χ2v) is 3.03. The van der Waals surface area contributed by atoms with E-state index in [9.17, 15) is 4.79 Å². The minimum absolute atomic E-state index is 0.425.